The maximum absolute atomic E-state index is 12.0. The van der Waals surface area contributed by atoms with Crippen molar-refractivity contribution in [1.29, 1.82) is 0 Å². The third-order valence-corrected chi connectivity index (χ3v) is 3.88. The minimum absolute atomic E-state index is 0.0288. The van der Waals surface area contributed by atoms with E-state index in [1.165, 1.54) is 11.4 Å². The number of hydrogen-bond donors (Lipinski definition) is 1. The van der Waals surface area contributed by atoms with E-state index in [1.54, 1.807) is 7.11 Å². The molecule has 0 fully saturated rings. The second kappa shape index (κ2) is 6.48. The molecule has 2 aromatic rings. The topological polar surface area (TPSA) is 43.3 Å². The Morgan fingerprint density at radius 2 is 1.90 bits per heavy atom. The van der Waals surface area contributed by atoms with Crippen LogP contribution in [0.2, 0.25) is 0 Å². The molecule has 0 saturated carbocycles. The fourth-order valence-corrected chi connectivity index (χ4v) is 2.30. The van der Waals surface area contributed by atoms with Crippen LogP contribution in [0.15, 0.2) is 30.3 Å². The van der Waals surface area contributed by atoms with Crippen LogP contribution in [0.1, 0.15) is 22.5 Å². The van der Waals surface area contributed by atoms with Crippen LogP contribution in [0, 0.1) is 13.8 Å². The summed E-state index contributed by atoms with van der Waals surface area (Å²) in [7, 11) is 3.67. The summed E-state index contributed by atoms with van der Waals surface area (Å²) in [6, 6.07) is 9.68. The Balaban J connectivity index is 1.91. The lowest BCUT2D eigenvalue weighted by Gasteiger charge is -2.07. The van der Waals surface area contributed by atoms with Gasteiger partial charge in [0.1, 0.15) is 5.75 Å². The quantitative estimate of drug-likeness (QED) is 0.917. The predicted molar refractivity (Wildman–Crippen MR) is 83.4 cm³/mol. The highest BCUT2D eigenvalue weighted by molar-refractivity contribution is 5.78. The van der Waals surface area contributed by atoms with Gasteiger partial charge in [-0.2, -0.15) is 0 Å². The summed E-state index contributed by atoms with van der Waals surface area (Å²) in [4.78, 5) is 12.0. The Bertz CT molecular complexity index is 627. The van der Waals surface area contributed by atoms with Crippen molar-refractivity contribution >= 4 is 5.91 Å². The molecule has 1 amide bonds. The van der Waals surface area contributed by atoms with Crippen LogP contribution in [0.25, 0.3) is 0 Å². The largest absolute Gasteiger partial charge is 0.497 e. The highest BCUT2D eigenvalue weighted by Gasteiger charge is 2.08. The zero-order valence-electron chi connectivity index (χ0n) is 13.1. The normalized spacial score (nSPS) is 10.5. The molecule has 21 heavy (non-hydrogen) atoms. The van der Waals surface area contributed by atoms with Crippen molar-refractivity contribution in [2.24, 2.45) is 7.05 Å². The molecule has 0 bridgehead atoms. The average Bonchev–Trinajstić information content (AvgIpc) is 2.73. The van der Waals surface area contributed by atoms with Gasteiger partial charge in [-0.05, 0) is 43.2 Å². The molecule has 112 valence electrons. The van der Waals surface area contributed by atoms with Crippen molar-refractivity contribution in [3.8, 4) is 5.75 Å². The lowest BCUT2D eigenvalue weighted by atomic mass is 10.1. The fraction of sp³-hybridized carbons (Fsp3) is 0.353. The van der Waals surface area contributed by atoms with Crippen molar-refractivity contribution in [3.63, 3.8) is 0 Å². The van der Waals surface area contributed by atoms with E-state index in [0.29, 0.717) is 13.0 Å². The molecule has 4 nitrogen and oxygen atoms in total. The molecule has 1 aromatic carbocycles. The number of hydrogen-bond acceptors (Lipinski definition) is 2. The molecule has 0 unspecified atom stereocenters. The Kier molecular flexibility index (Phi) is 4.68. The molecule has 1 heterocycles. The minimum Gasteiger partial charge on any atom is -0.497 e. The molecular weight excluding hydrogens is 264 g/mol. The van der Waals surface area contributed by atoms with E-state index < -0.39 is 0 Å². The van der Waals surface area contributed by atoms with E-state index in [9.17, 15) is 4.79 Å². The Morgan fingerprint density at radius 1 is 1.24 bits per heavy atom. The molecular formula is C17H22N2O2. The Morgan fingerprint density at radius 3 is 2.43 bits per heavy atom. The summed E-state index contributed by atoms with van der Waals surface area (Å²) in [6.45, 7) is 4.70. The first-order chi connectivity index (χ1) is 10.0. The van der Waals surface area contributed by atoms with Gasteiger partial charge in [0, 0.05) is 25.0 Å². The number of rotatable bonds is 5. The van der Waals surface area contributed by atoms with E-state index >= 15 is 0 Å². The van der Waals surface area contributed by atoms with Gasteiger partial charge in [0.2, 0.25) is 5.91 Å². The van der Waals surface area contributed by atoms with Crippen molar-refractivity contribution in [2.75, 3.05) is 7.11 Å². The lowest BCUT2D eigenvalue weighted by Crippen LogP contribution is -2.24. The maximum Gasteiger partial charge on any atom is 0.224 e. The number of carbonyl (C=O) groups excluding carboxylic acids is 1. The van der Waals surface area contributed by atoms with E-state index in [0.717, 1.165) is 16.9 Å². The van der Waals surface area contributed by atoms with Gasteiger partial charge >= 0.3 is 0 Å². The van der Waals surface area contributed by atoms with Gasteiger partial charge in [-0.1, -0.05) is 12.1 Å². The highest BCUT2D eigenvalue weighted by Crippen LogP contribution is 2.14. The van der Waals surface area contributed by atoms with E-state index in [2.05, 4.69) is 29.8 Å². The van der Waals surface area contributed by atoms with Crippen molar-refractivity contribution < 1.29 is 9.53 Å². The zero-order valence-corrected chi connectivity index (χ0v) is 13.1. The molecule has 0 aliphatic carbocycles. The number of methoxy groups -OCH3 is 1. The SMILES string of the molecule is COc1ccc(CC(=O)NCc2cc(C)n(C)c2C)cc1. The van der Waals surface area contributed by atoms with Crippen LogP contribution in [-0.2, 0) is 24.8 Å². The number of aryl methyl sites for hydroxylation is 1. The summed E-state index contributed by atoms with van der Waals surface area (Å²) >= 11 is 0. The summed E-state index contributed by atoms with van der Waals surface area (Å²) in [5.74, 6) is 0.829. The Labute approximate surface area is 125 Å². The molecule has 0 spiro atoms. The predicted octanol–water partition coefficient (Wildman–Crippen LogP) is 2.51. The van der Waals surface area contributed by atoms with Crippen LogP contribution >= 0.6 is 0 Å². The van der Waals surface area contributed by atoms with Gasteiger partial charge in [-0.15, -0.1) is 0 Å². The van der Waals surface area contributed by atoms with Crippen LogP contribution in [0.4, 0.5) is 0 Å². The molecule has 1 aromatic heterocycles. The smallest absolute Gasteiger partial charge is 0.224 e. The molecule has 0 radical (unpaired) electrons. The minimum atomic E-state index is 0.0288. The summed E-state index contributed by atoms with van der Waals surface area (Å²) < 4.78 is 7.23. The van der Waals surface area contributed by atoms with E-state index in [-0.39, 0.29) is 5.91 Å². The summed E-state index contributed by atoms with van der Waals surface area (Å²) in [6.07, 6.45) is 0.384. The van der Waals surface area contributed by atoms with Crippen LogP contribution in [0.5, 0.6) is 5.75 Å². The first-order valence-corrected chi connectivity index (χ1v) is 7.02. The van der Waals surface area contributed by atoms with Gasteiger partial charge in [0.25, 0.3) is 0 Å². The second-order valence-electron chi connectivity index (χ2n) is 5.26. The highest BCUT2D eigenvalue weighted by atomic mass is 16.5. The van der Waals surface area contributed by atoms with Gasteiger partial charge < -0.3 is 14.6 Å². The average molecular weight is 286 g/mol. The molecule has 0 saturated heterocycles. The monoisotopic (exact) mass is 286 g/mol. The van der Waals surface area contributed by atoms with E-state index in [1.807, 2.05) is 31.3 Å². The number of nitrogens with one attached hydrogen (secondary N) is 1. The summed E-state index contributed by atoms with van der Waals surface area (Å²) in [5, 5.41) is 2.97. The lowest BCUT2D eigenvalue weighted by molar-refractivity contribution is -0.120. The number of carbonyl (C=O) groups is 1. The van der Waals surface area contributed by atoms with Crippen LogP contribution in [-0.4, -0.2) is 17.6 Å². The standard InChI is InChI=1S/C17H22N2O2/c1-12-9-15(13(2)19(12)3)11-18-17(20)10-14-5-7-16(21-4)8-6-14/h5-9H,10-11H2,1-4H3,(H,18,20). The number of nitrogens with zero attached hydrogens (tertiary/aromatic N) is 1. The van der Waals surface area contributed by atoms with Crippen molar-refractivity contribution in [1.82, 2.24) is 9.88 Å². The number of amides is 1. The molecule has 0 aliphatic heterocycles. The van der Waals surface area contributed by atoms with E-state index in [4.69, 9.17) is 4.74 Å². The Hall–Kier alpha value is -2.23. The number of benzene rings is 1. The zero-order chi connectivity index (χ0) is 15.4. The number of ether oxygens (including phenoxy) is 1. The first kappa shape index (κ1) is 15.2. The fourth-order valence-electron chi connectivity index (χ4n) is 2.30. The third kappa shape index (κ3) is 3.66. The second-order valence-corrected chi connectivity index (χ2v) is 5.26. The van der Waals surface area contributed by atoms with Crippen molar-refractivity contribution in [3.05, 3.63) is 52.8 Å². The third-order valence-electron chi connectivity index (χ3n) is 3.88. The van der Waals surface area contributed by atoms with Gasteiger partial charge in [0.15, 0.2) is 0 Å². The van der Waals surface area contributed by atoms with Gasteiger partial charge in [-0.25, -0.2) is 0 Å². The molecule has 0 atom stereocenters. The van der Waals surface area contributed by atoms with Gasteiger partial charge in [0.05, 0.1) is 13.5 Å². The number of aromatic nitrogens is 1. The molecule has 0 aliphatic rings. The van der Waals surface area contributed by atoms with Crippen molar-refractivity contribution in [2.45, 2.75) is 26.8 Å². The van der Waals surface area contributed by atoms with Crippen LogP contribution < -0.4 is 10.1 Å². The van der Waals surface area contributed by atoms with Crippen LogP contribution in [0.3, 0.4) is 0 Å². The molecule has 4 heteroatoms. The maximum atomic E-state index is 12.0. The molecule has 1 N–H and O–H groups in total. The van der Waals surface area contributed by atoms with Gasteiger partial charge in [-0.3, -0.25) is 4.79 Å². The summed E-state index contributed by atoms with van der Waals surface area (Å²) in [5.41, 5.74) is 4.54. The first-order valence-electron chi connectivity index (χ1n) is 7.02. The molecule has 2 rings (SSSR count).